The molecule has 1 fully saturated rings. The van der Waals surface area contributed by atoms with Gasteiger partial charge in [-0.05, 0) is 43.5 Å². The van der Waals surface area contributed by atoms with Crippen molar-refractivity contribution in [2.24, 2.45) is 0 Å². The lowest BCUT2D eigenvalue weighted by Gasteiger charge is -2.12. The van der Waals surface area contributed by atoms with Crippen LogP contribution in [0.25, 0.3) is 0 Å². The van der Waals surface area contributed by atoms with E-state index in [0.29, 0.717) is 12.2 Å². The van der Waals surface area contributed by atoms with Crippen molar-refractivity contribution in [1.82, 2.24) is 10.3 Å². The zero-order valence-electron chi connectivity index (χ0n) is 13.2. The molecule has 0 bridgehead atoms. The highest BCUT2D eigenvalue weighted by Crippen LogP contribution is 2.20. The molecule has 1 saturated heterocycles. The highest BCUT2D eigenvalue weighted by Gasteiger charge is 2.17. The van der Waals surface area contributed by atoms with Crippen LogP contribution >= 0.6 is 0 Å². The van der Waals surface area contributed by atoms with Crippen LogP contribution in [-0.4, -0.2) is 30.1 Å². The van der Waals surface area contributed by atoms with Crippen molar-refractivity contribution in [2.75, 3.05) is 18.5 Å². The van der Waals surface area contributed by atoms with Crippen molar-refractivity contribution in [2.45, 2.75) is 25.9 Å². The molecule has 0 spiro atoms. The van der Waals surface area contributed by atoms with Crippen LogP contribution in [0.3, 0.4) is 0 Å². The molecule has 23 heavy (non-hydrogen) atoms. The van der Waals surface area contributed by atoms with E-state index in [9.17, 15) is 4.79 Å². The normalized spacial score (nSPS) is 17.0. The minimum absolute atomic E-state index is 0.132. The molecule has 0 saturated carbocycles. The third-order valence-electron chi connectivity index (χ3n) is 3.93. The molecule has 5 nitrogen and oxygen atoms in total. The van der Waals surface area contributed by atoms with E-state index in [0.717, 1.165) is 36.4 Å². The first-order chi connectivity index (χ1) is 11.2. The topological polar surface area (TPSA) is 63.2 Å². The summed E-state index contributed by atoms with van der Waals surface area (Å²) in [5, 5.41) is 6.21. The number of nitrogens with zero attached hydrogens (tertiary/aromatic N) is 1. The van der Waals surface area contributed by atoms with Crippen LogP contribution in [0.5, 0.6) is 0 Å². The molecule has 1 unspecified atom stereocenters. The van der Waals surface area contributed by atoms with Crippen molar-refractivity contribution in [1.29, 1.82) is 0 Å². The van der Waals surface area contributed by atoms with E-state index >= 15 is 0 Å². The van der Waals surface area contributed by atoms with Crippen LogP contribution in [0.4, 0.5) is 11.4 Å². The molecule has 0 radical (unpaired) electrons. The number of carbonyl (C=O) groups is 1. The third-order valence-corrected chi connectivity index (χ3v) is 3.93. The van der Waals surface area contributed by atoms with Crippen molar-refractivity contribution < 1.29 is 9.53 Å². The van der Waals surface area contributed by atoms with Gasteiger partial charge in [-0.2, -0.15) is 0 Å². The number of rotatable bonds is 5. The average molecular weight is 311 g/mol. The number of pyridine rings is 1. The third kappa shape index (κ3) is 4.07. The molecule has 1 aromatic carbocycles. The molecule has 2 aromatic rings. The van der Waals surface area contributed by atoms with Gasteiger partial charge in [-0.3, -0.25) is 9.78 Å². The quantitative estimate of drug-likeness (QED) is 0.891. The lowest BCUT2D eigenvalue weighted by molar-refractivity contribution is 0.0854. The van der Waals surface area contributed by atoms with Gasteiger partial charge in [-0.15, -0.1) is 0 Å². The van der Waals surface area contributed by atoms with Crippen molar-refractivity contribution in [3.63, 3.8) is 0 Å². The van der Waals surface area contributed by atoms with Crippen molar-refractivity contribution >= 4 is 17.3 Å². The Bertz CT molecular complexity index is 681. The zero-order chi connectivity index (χ0) is 16.1. The monoisotopic (exact) mass is 311 g/mol. The van der Waals surface area contributed by atoms with Gasteiger partial charge in [-0.1, -0.05) is 18.2 Å². The highest BCUT2D eigenvalue weighted by atomic mass is 16.5. The summed E-state index contributed by atoms with van der Waals surface area (Å²) in [5.41, 5.74) is 3.41. The summed E-state index contributed by atoms with van der Waals surface area (Å²) in [6, 6.07) is 11.6. The standard InChI is InChI=1S/C18H21N3O2/c1-13-5-2-3-7-16(13)21-14-8-9-19-17(11-14)18(22)20-12-15-6-4-10-23-15/h2-3,5,7-9,11,15H,4,6,10,12H2,1H3,(H,19,21)(H,20,22). The van der Waals surface area contributed by atoms with Gasteiger partial charge in [0.1, 0.15) is 5.69 Å². The number of hydrogen-bond acceptors (Lipinski definition) is 4. The van der Waals surface area contributed by atoms with Gasteiger partial charge in [0.25, 0.3) is 5.91 Å². The van der Waals surface area contributed by atoms with Gasteiger partial charge in [0.15, 0.2) is 0 Å². The molecular formula is C18H21N3O2. The summed E-state index contributed by atoms with van der Waals surface area (Å²) < 4.78 is 5.51. The Morgan fingerprint density at radius 1 is 1.35 bits per heavy atom. The number of para-hydroxylation sites is 1. The Hall–Kier alpha value is -2.40. The zero-order valence-corrected chi connectivity index (χ0v) is 13.2. The summed E-state index contributed by atoms with van der Waals surface area (Å²) in [5.74, 6) is -0.172. The molecule has 1 aromatic heterocycles. The summed E-state index contributed by atoms with van der Waals surface area (Å²) in [6.07, 6.45) is 3.84. The first-order valence-electron chi connectivity index (χ1n) is 7.91. The molecule has 120 valence electrons. The van der Waals surface area contributed by atoms with Crippen LogP contribution in [0.1, 0.15) is 28.9 Å². The fourth-order valence-corrected chi connectivity index (χ4v) is 2.60. The molecule has 1 atom stereocenters. The number of aryl methyl sites for hydroxylation is 1. The Kier molecular flexibility index (Phi) is 4.88. The van der Waals surface area contributed by atoms with E-state index in [1.54, 1.807) is 12.3 Å². The van der Waals surface area contributed by atoms with Crippen LogP contribution in [0.2, 0.25) is 0 Å². The number of benzene rings is 1. The Morgan fingerprint density at radius 2 is 2.22 bits per heavy atom. The Morgan fingerprint density at radius 3 is 3.00 bits per heavy atom. The molecule has 2 heterocycles. The van der Waals surface area contributed by atoms with E-state index in [4.69, 9.17) is 4.74 Å². The van der Waals surface area contributed by atoms with Crippen molar-refractivity contribution in [3.05, 3.63) is 53.9 Å². The second-order valence-corrected chi connectivity index (χ2v) is 5.71. The summed E-state index contributed by atoms with van der Waals surface area (Å²) in [6.45, 7) is 3.36. The lowest BCUT2D eigenvalue weighted by atomic mass is 10.2. The summed E-state index contributed by atoms with van der Waals surface area (Å²) in [7, 11) is 0. The Labute approximate surface area is 136 Å². The maximum absolute atomic E-state index is 12.2. The fraction of sp³-hybridized carbons (Fsp3) is 0.333. The maximum Gasteiger partial charge on any atom is 0.270 e. The van der Waals surface area contributed by atoms with Gasteiger partial charge < -0.3 is 15.4 Å². The molecule has 0 aliphatic carbocycles. The molecule has 1 amide bonds. The average Bonchev–Trinajstić information content (AvgIpc) is 3.08. The predicted octanol–water partition coefficient (Wildman–Crippen LogP) is 3.04. The largest absolute Gasteiger partial charge is 0.376 e. The molecule has 1 aliphatic heterocycles. The smallest absolute Gasteiger partial charge is 0.270 e. The van der Waals surface area contributed by atoms with Crippen molar-refractivity contribution in [3.8, 4) is 0 Å². The number of ether oxygens (including phenoxy) is 1. The number of hydrogen-bond donors (Lipinski definition) is 2. The van der Waals surface area contributed by atoms with E-state index in [2.05, 4.69) is 15.6 Å². The molecule has 3 rings (SSSR count). The number of aromatic nitrogens is 1. The maximum atomic E-state index is 12.2. The van der Waals surface area contributed by atoms with Crippen LogP contribution < -0.4 is 10.6 Å². The molecule has 5 heteroatoms. The summed E-state index contributed by atoms with van der Waals surface area (Å²) in [4.78, 5) is 16.4. The SMILES string of the molecule is Cc1ccccc1Nc1ccnc(C(=O)NCC2CCCO2)c1. The van der Waals surface area contributed by atoms with Gasteiger partial charge in [0.2, 0.25) is 0 Å². The van der Waals surface area contributed by atoms with Gasteiger partial charge in [0.05, 0.1) is 6.10 Å². The Balaban J connectivity index is 1.64. The highest BCUT2D eigenvalue weighted by molar-refractivity contribution is 5.93. The van der Waals surface area contributed by atoms with Gasteiger partial charge in [0, 0.05) is 30.7 Å². The van der Waals surface area contributed by atoms with Gasteiger partial charge >= 0.3 is 0 Å². The van der Waals surface area contributed by atoms with E-state index in [-0.39, 0.29) is 12.0 Å². The second-order valence-electron chi connectivity index (χ2n) is 5.71. The van der Waals surface area contributed by atoms with E-state index in [1.807, 2.05) is 37.3 Å². The van der Waals surface area contributed by atoms with E-state index < -0.39 is 0 Å². The van der Waals surface area contributed by atoms with Crippen LogP contribution in [0.15, 0.2) is 42.6 Å². The fourth-order valence-electron chi connectivity index (χ4n) is 2.60. The minimum Gasteiger partial charge on any atom is -0.376 e. The minimum atomic E-state index is -0.172. The van der Waals surface area contributed by atoms with E-state index in [1.165, 1.54) is 0 Å². The molecule has 2 N–H and O–H groups in total. The van der Waals surface area contributed by atoms with Gasteiger partial charge in [-0.25, -0.2) is 0 Å². The second kappa shape index (κ2) is 7.24. The number of anilines is 2. The number of nitrogens with one attached hydrogen (secondary N) is 2. The number of carbonyl (C=O) groups excluding carboxylic acids is 1. The lowest BCUT2D eigenvalue weighted by Crippen LogP contribution is -2.32. The molecular weight excluding hydrogens is 290 g/mol. The summed E-state index contributed by atoms with van der Waals surface area (Å²) >= 11 is 0. The predicted molar refractivity (Wildman–Crippen MR) is 90.0 cm³/mol. The first-order valence-corrected chi connectivity index (χ1v) is 7.91. The number of amides is 1. The molecule has 1 aliphatic rings. The first kappa shape index (κ1) is 15.5. The van der Waals surface area contributed by atoms with Crippen LogP contribution in [0, 0.1) is 6.92 Å². The van der Waals surface area contributed by atoms with Crippen LogP contribution in [-0.2, 0) is 4.74 Å².